The van der Waals surface area contributed by atoms with Crippen LogP contribution in [0.4, 0.5) is 11.4 Å². The Balaban J connectivity index is 0.00000102. The lowest BCUT2D eigenvalue weighted by Gasteiger charge is -2.50. The zero-order valence-corrected chi connectivity index (χ0v) is 26.6. The van der Waals surface area contributed by atoms with E-state index in [1.165, 1.54) is 4.90 Å². The van der Waals surface area contributed by atoms with Crippen LogP contribution in [0.1, 0.15) is 62.4 Å². The summed E-state index contributed by atoms with van der Waals surface area (Å²) in [6.45, 7) is 6.94. The number of fused-ring (bicyclic) bond motifs is 3. The normalized spacial score (nSPS) is 25.2. The van der Waals surface area contributed by atoms with Crippen molar-refractivity contribution >= 4 is 39.2 Å². The van der Waals surface area contributed by atoms with Crippen LogP contribution in [-0.4, -0.2) is 98.6 Å². The Morgan fingerprint density at radius 2 is 1.73 bits per heavy atom. The molecule has 0 aromatic heterocycles. The third-order valence-electron chi connectivity index (χ3n) is 8.91. The minimum absolute atomic E-state index is 0.00289. The van der Waals surface area contributed by atoms with Gasteiger partial charge in [0, 0.05) is 29.8 Å². The van der Waals surface area contributed by atoms with E-state index in [0.29, 0.717) is 12.1 Å². The van der Waals surface area contributed by atoms with Gasteiger partial charge in [-0.05, 0) is 64.3 Å². The first-order valence-electron chi connectivity index (χ1n) is 14.5. The molecule has 250 valence electrons. The number of ketones is 2. The molecule has 15 nitrogen and oxygen atoms in total. The number of primary amides is 1. The number of rotatable bonds is 8. The zero-order valence-electron chi connectivity index (χ0n) is 25.8. The van der Waals surface area contributed by atoms with E-state index in [4.69, 9.17) is 29.0 Å². The fourth-order valence-corrected chi connectivity index (χ4v) is 6.70. The van der Waals surface area contributed by atoms with Gasteiger partial charge in [0.2, 0.25) is 5.78 Å². The van der Waals surface area contributed by atoms with Gasteiger partial charge in [-0.1, -0.05) is 20.3 Å². The minimum atomic E-state index is -4.67. The number of phenols is 1. The van der Waals surface area contributed by atoms with E-state index in [0.717, 1.165) is 24.9 Å². The van der Waals surface area contributed by atoms with E-state index in [2.05, 4.69) is 25.7 Å². The van der Waals surface area contributed by atoms with Crippen molar-refractivity contribution in [2.75, 3.05) is 31.3 Å². The summed E-state index contributed by atoms with van der Waals surface area (Å²) in [5.74, 6) is -6.88. The first kappa shape index (κ1) is 35.8. The number of aromatic hydroxyl groups is 1. The van der Waals surface area contributed by atoms with Crippen molar-refractivity contribution in [2.24, 2.45) is 17.6 Å². The quantitative estimate of drug-likeness (QED) is 0.0854. The highest BCUT2D eigenvalue weighted by molar-refractivity contribution is 7.79. The van der Waals surface area contributed by atoms with E-state index in [1.54, 1.807) is 20.2 Å². The van der Waals surface area contributed by atoms with Crippen LogP contribution in [0, 0.1) is 11.8 Å². The first-order chi connectivity index (χ1) is 20.7. The number of hydrogen-bond acceptors (Lipinski definition) is 12. The third kappa shape index (κ3) is 6.37. The second kappa shape index (κ2) is 13.0. The number of benzene rings is 1. The van der Waals surface area contributed by atoms with E-state index >= 15 is 0 Å². The molecule has 0 saturated carbocycles. The van der Waals surface area contributed by atoms with Crippen molar-refractivity contribution in [3.05, 3.63) is 39.9 Å². The van der Waals surface area contributed by atoms with E-state index in [9.17, 15) is 34.8 Å². The number of allylic oxidation sites excluding steroid dienone is 1. The Morgan fingerprint density at radius 3 is 2.22 bits per heavy atom. The third-order valence-corrected chi connectivity index (χ3v) is 8.91. The van der Waals surface area contributed by atoms with E-state index in [-0.39, 0.29) is 35.7 Å². The molecule has 3 aliphatic carbocycles. The maximum absolute atomic E-state index is 14.0. The first-order valence-corrected chi connectivity index (χ1v) is 15.9. The van der Waals surface area contributed by atoms with Gasteiger partial charge in [0.05, 0.1) is 17.3 Å². The molecule has 10 N–H and O–H groups in total. The number of nitrogens with zero attached hydrogens (tertiary/aromatic N) is 2. The van der Waals surface area contributed by atoms with Crippen LogP contribution >= 0.6 is 0 Å². The number of amides is 1. The van der Waals surface area contributed by atoms with Crippen LogP contribution in [0.5, 0.6) is 5.75 Å². The van der Waals surface area contributed by atoms with Crippen LogP contribution in [0.3, 0.4) is 0 Å². The Bertz CT molecular complexity index is 1560. The molecular weight excluding hydrogens is 612 g/mol. The maximum Gasteiger partial charge on any atom is 0.394 e. The predicted octanol–water partition coefficient (Wildman–Crippen LogP) is 1.46. The molecule has 0 saturated heterocycles. The Morgan fingerprint density at radius 1 is 1.16 bits per heavy atom. The van der Waals surface area contributed by atoms with Crippen molar-refractivity contribution in [3.8, 4) is 5.75 Å². The summed E-state index contributed by atoms with van der Waals surface area (Å²) < 4.78 is 31.6. The number of unbranched alkanes of at least 4 members (excludes halogenated alkanes) is 1. The number of carbonyl (C=O) groups excluding carboxylic acids is 3. The van der Waals surface area contributed by atoms with Crippen LogP contribution in [0.2, 0.25) is 0 Å². The highest BCUT2D eigenvalue weighted by Crippen LogP contribution is 2.54. The molecule has 0 bridgehead atoms. The van der Waals surface area contributed by atoms with Gasteiger partial charge in [0.1, 0.15) is 22.8 Å². The van der Waals surface area contributed by atoms with Gasteiger partial charge >= 0.3 is 10.4 Å². The number of anilines is 2. The molecule has 45 heavy (non-hydrogen) atoms. The molecule has 3 aliphatic rings. The average molecular weight is 655 g/mol. The van der Waals surface area contributed by atoms with Crippen molar-refractivity contribution in [1.29, 1.82) is 0 Å². The molecular formula is C29H42N4O11S. The highest BCUT2D eigenvalue weighted by Gasteiger charge is 2.63. The minimum Gasteiger partial charge on any atom is -0.510 e. The van der Waals surface area contributed by atoms with E-state index in [1.807, 2.05) is 0 Å². The molecule has 3 unspecified atom stereocenters. The van der Waals surface area contributed by atoms with Gasteiger partial charge in [-0.2, -0.15) is 8.42 Å². The number of nitrogens with two attached hydrogens (primary N) is 2. The second-order valence-electron chi connectivity index (χ2n) is 11.9. The highest BCUT2D eigenvalue weighted by atomic mass is 32.3. The molecule has 1 aromatic rings. The van der Waals surface area contributed by atoms with Crippen molar-refractivity contribution in [2.45, 2.75) is 70.6 Å². The Kier molecular flexibility index (Phi) is 10.3. The van der Waals surface area contributed by atoms with Gasteiger partial charge in [0.15, 0.2) is 11.4 Å². The molecule has 0 heterocycles. The largest absolute Gasteiger partial charge is 0.510 e. The number of nitrogen functional groups attached to an aromatic ring is 1. The maximum atomic E-state index is 14.0. The zero-order chi connectivity index (χ0) is 34.3. The summed E-state index contributed by atoms with van der Waals surface area (Å²) in [6, 6.07) is 0.753. The SMILES string of the molecule is CCCCN(c1cc(N)c(O)c2c1CC1CC3[C@H](N(C)C)C(O)=C(C(N)=O)C(=O)[C@@]3(O)C(O)=C1C2=O)C(C)CC.O=S(=O)(O)O. The summed E-state index contributed by atoms with van der Waals surface area (Å²) in [6.07, 6.45) is 2.94. The topological polar surface area (TPSA) is 265 Å². The van der Waals surface area contributed by atoms with Crippen molar-refractivity contribution in [1.82, 2.24) is 4.90 Å². The summed E-state index contributed by atoms with van der Waals surface area (Å²) in [5.41, 5.74) is 9.12. The lowest BCUT2D eigenvalue weighted by Crippen LogP contribution is -2.63. The number of carbonyl (C=O) groups is 3. The predicted molar refractivity (Wildman–Crippen MR) is 164 cm³/mol. The fourth-order valence-electron chi connectivity index (χ4n) is 6.70. The Labute approximate surface area is 261 Å². The summed E-state index contributed by atoms with van der Waals surface area (Å²) >= 11 is 0. The molecule has 0 aliphatic heterocycles. The number of Topliss-reactive ketones (excluding diaryl/α,β-unsaturated/α-hetero) is 2. The van der Waals surface area contributed by atoms with Gasteiger partial charge < -0.3 is 36.8 Å². The number of likely N-dealkylation sites (N-methyl/N-ethyl adjacent to an activating group) is 1. The second-order valence-corrected chi connectivity index (χ2v) is 12.8. The van der Waals surface area contributed by atoms with Gasteiger partial charge in [-0.15, -0.1) is 0 Å². The molecule has 1 amide bonds. The fraction of sp³-hybridized carbons (Fsp3) is 0.552. The molecule has 0 fully saturated rings. The lowest BCUT2D eigenvalue weighted by molar-refractivity contribution is -0.148. The summed E-state index contributed by atoms with van der Waals surface area (Å²) in [4.78, 5) is 43.4. The van der Waals surface area contributed by atoms with Gasteiger partial charge in [-0.3, -0.25) is 28.4 Å². The summed E-state index contributed by atoms with van der Waals surface area (Å²) in [7, 11) is -1.46. The number of hydrogen-bond donors (Lipinski definition) is 8. The molecule has 5 atom stereocenters. The number of phenolic OH excluding ortho intramolecular Hbond substituents is 1. The molecule has 0 spiro atoms. The number of aliphatic hydroxyl groups is 3. The van der Waals surface area contributed by atoms with E-state index < -0.39 is 74.2 Å². The van der Waals surface area contributed by atoms with Gasteiger partial charge in [-0.25, -0.2) is 0 Å². The van der Waals surface area contributed by atoms with Crippen molar-refractivity contribution < 1.29 is 52.3 Å². The van der Waals surface area contributed by atoms with Gasteiger partial charge in [0.25, 0.3) is 5.91 Å². The average Bonchev–Trinajstić information content (AvgIpc) is 2.91. The monoisotopic (exact) mass is 654 g/mol. The summed E-state index contributed by atoms with van der Waals surface area (Å²) in [5, 5.41) is 45.2. The Hall–Kier alpha value is -3.70. The molecule has 1 aromatic carbocycles. The van der Waals surface area contributed by atoms with Crippen LogP contribution in [0.15, 0.2) is 28.7 Å². The van der Waals surface area contributed by atoms with Crippen LogP contribution in [0.25, 0.3) is 0 Å². The molecule has 16 heteroatoms. The van der Waals surface area contributed by atoms with Crippen LogP contribution < -0.4 is 16.4 Å². The standard InChI is InChI=1S/C29H40N4O7.H2O4S/c1-6-8-9-33(13(3)7-2)18-12-17(30)23(34)20-15(18)10-14-11-16-22(32(4)5)25(36)21(28(31)39)27(38)29(16,40)26(37)19(14)24(20)35;1-5(2,3)4/h12-14,16,22,34,36-37,40H,6-11,30H2,1-5H3,(H2,31,39);(H2,1,2,3,4)/t13?,14?,16?,22-,29-;/m0./s1. The molecule has 4 rings (SSSR count). The smallest absolute Gasteiger partial charge is 0.394 e. The van der Waals surface area contributed by atoms with Crippen LogP contribution in [-0.2, 0) is 26.4 Å². The number of aliphatic hydroxyl groups excluding tert-OH is 2. The lowest BCUT2D eigenvalue weighted by atomic mass is 9.58. The van der Waals surface area contributed by atoms with Crippen molar-refractivity contribution in [3.63, 3.8) is 0 Å². The molecule has 0 radical (unpaired) electrons.